The van der Waals surface area contributed by atoms with Gasteiger partial charge >= 0.3 is 6.03 Å². The number of urea groups is 1. The number of hydrogen-bond donors (Lipinski definition) is 2. The molecule has 1 aromatic heterocycles. The summed E-state index contributed by atoms with van der Waals surface area (Å²) in [6.45, 7) is 10.4. The van der Waals surface area contributed by atoms with Crippen LogP contribution >= 0.6 is 11.3 Å². The van der Waals surface area contributed by atoms with Gasteiger partial charge in [0.2, 0.25) is 5.51 Å². The number of unbranched alkanes of at least 4 members (excludes halogenated alkanes) is 13. The second-order valence-electron chi connectivity index (χ2n) is 12.9. The maximum Gasteiger partial charge on any atom is 0.323 e. The van der Waals surface area contributed by atoms with Gasteiger partial charge in [-0.05, 0) is 42.2 Å². The summed E-state index contributed by atoms with van der Waals surface area (Å²) in [6.07, 6.45) is 21.0. The Kier molecular flexibility index (Phi) is 15.6. The molecule has 0 fully saturated rings. The van der Waals surface area contributed by atoms with Crippen molar-refractivity contribution < 1.29 is 14.1 Å². The summed E-state index contributed by atoms with van der Waals surface area (Å²) in [7, 11) is 0. The summed E-state index contributed by atoms with van der Waals surface area (Å²) in [5.41, 5.74) is 5.80. The third-order valence-electron chi connectivity index (χ3n) is 7.91. The number of anilines is 2. The molecule has 5 nitrogen and oxygen atoms in total. The van der Waals surface area contributed by atoms with Crippen molar-refractivity contribution in [3.8, 4) is 5.75 Å². The van der Waals surface area contributed by atoms with Gasteiger partial charge in [-0.3, -0.25) is 0 Å². The van der Waals surface area contributed by atoms with Crippen LogP contribution in [0.4, 0.5) is 16.2 Å². The number of ether oxygens (including phenoxy) is 1. The molecule has 0 radical (unpaired) electrons. The van der Waals surface area contributed by atoms with Crippen molar-refractivity contribution in [3.63, 3.8) is 0 Å². The first-order valence-corrected chi connectivity index (χ1v) is 17.6. The third-order valence-corrected chi connectivity index (χ3v) is 8.58. The smallest absolute Gasteiger partial charge is 0.323 e. The summed E-state index contributed by atoms with van der Waals surface area (Å²) in [4.78, 5) is 12.7. The van der Waals surface area contributed by atoms with Crippen molar-refractivity contribution >= 4 is 28.7 Å². The number of aromatic nitrogens is 1. The predicted octanol–water partition coefficient (Wildman–Crippen LogP) is 10.9. The van der Waals surface area contributed by atoms with E-state index < -0.39 is 0 Å². The highest BCUT2D eigenvalue weighted by molar-refractivity contribution is 7.07. The van der Waals surface area contributed by atoms with Crippen LogP contribution < -0.4 is 19.9 Å². The molecule has 0 saturated carbocycles. The number of nitrogens with one attached hydrogen (secondary N) is 2. The molecule has 2 N–H and O–H groups in total. The molecule has 0 unspecified atom stereocenters. The molecule has 3 rings (SSSR count). The molecule has 0 aliphatic rings. The van der Waals surface area contributed by atoms with Crippen molar-refractivity contribution in [2.24, 2.45) is 0 Å². The van der Waals surface area contributed by atoms with E-state index >= 15 is 0 Å². The number of rotatable bonds is 20. The Labute approximate surface area is 265 Å². The maximum absolute atomic E-state index is 12.7. The molecular weight excluding hydrogens is 550 g/mol. The lowest BCUT2D eigenvalue weighted by Crippen LogP contribution is -2.30. The highest BCUT2D eigenvalue weighted by Crippen LogP contribution is 2.34. The molecule has 2 aromatic carbocycles. The number of thiazole rings is 1. The number of benzene rings is 2. The van der Waals surface area contributed by atoms with Gasteiger partial charge < -0.3 is 15.4 Å². The van der Waals surface area contributed by atoms with Crippen LogP contribution in [0.25, 0.3) is 0 Å². The SMILES string of the molecule is CCCCCCCCCCCCCCCCOc1ccc(NC(=O)Nc2ccc(C[n+]3ccsc3)cc2)cc1C(C)(C)C. The van der Waals surface area contributed by atoms with Crippen LogP contribution in [0.2, 0.25) is 0 Å². The number of carbonyl (C=O) groups is 1. The van der Waals surface area contributed by atoms with Crippen LogP contribution in [-0.2, 0) is 12.0 Å². The maximum atomic E-state index is 12.7. The van der Waals surface area contributed by atoms with E-state index in [4.69, 9.17) is 4.74 Å². The van der Waals surface area contributed by atoms with E-state index in [2.05, 4.69) is 60.0 Å². The van der Waals surface area contributed by atoms with E-state index in [1.165, 1.54) is 89.0 Å². The highest BCUT2D eigenvalue weighted by atomic mass is 32.1. The fraction of sp³-hybridized carbons (Fsp3) is 0.568. The molecule has 1 heterocycles. The molecule has 0 saturated heterocycles. The zero-order chi connectivity index (χ0) is 30.8. The average Bonchev–Trinajstić information content (AvgIpc) is 3.49. The van der Waals surface area contributed by atoms with Gasteiger partial charge in [-0.15, -0.1) is 0 Å². The Hall–Kier alpha value is -2.86. The standard InChI is InChI=1S/C37H55N3O2S/c1-5-6-7-8-9-10-11-12-13-14-15-16-17-18-26-42-35-24-23-33(28-34(35)37(2,3)4)39-36(41)38-32-21-19-31(20-22-32)29-40-25-27-43-30-40/h19-25,27-28,30H,5-18,26,29H2,1-4H3,(H-,38,39,41)/p+1. The summed E-state index contributed by atoms with van der Waals surface area (Å²) >= 11 is 1.68. The third kappa shape index (κ3) is 14.0. The van der Waals surface area contributed by atoms with E-state index in [1.807, 2.05) is 42.5 Å². The van der Waals surface area contributed by atoms with Crippen molar-refractivity contribution in [3.05, 3.63) is 70.7 Å². The van der Waals surface area contributed by atoms with Gasteiger partial charge in [0.1, 0.15) is 5.75 Å². The molecular formula is C37H56N3O2S+. The minimum Gasteiger partial charge on any atom is -0.493 e. The molecule has 0 aliphatic carbocycles. The molecule has 6 heteroatoms. The van der Waals surface area contributed by atoms with Gasteiger partial charge in [-0.25, -0.2) is 4.79 Å². The van der Waals surface area contributed by atoms with Crippen LogP contribution in [0.15, 0.2) is 59.6 Å². The Bertz CT molecular complexity index is 1170. The minimum atomic E-state index is -0.254. The van der Waals surface area contributed by atoms with Gasteiger partial charge in [0, 0.05) is 22.5 Å². The van der Waals surface area contributed by atoms with E-state index in [9.17, 15) is 4.79 Å². The lowest BCUT2D eigenvalue weighted by molar-refractivity contribution is -0.683. The number of carbonyl (C=O) groups excluding carboxylic acids is 1. The number of hydrogen-bond acceptors (Lipinski definition) is 3. The molecule has 3 aromatic rings. The quantitative estimate of drug-likeness (QED) is 0.0993. The van der Waals surface area contributed by atoms with Crippen LogP contribution in [0.1, 0.15) is 129 Å². The Balaban J connectivity index is 1.34. The zero-order valence-corrected chi connectivity index (χ0v) is 28.1. The van der Waals surface area contributed by atoms with Crippen LogP contribution in [-0.4, -0.2) is 12.6 Å². The van der Waals surface area contributed by atoms with E-state index in [-0.39, 0.29) is 11.4 Å². The first-order chi connectivity index (χ1) is 20.8. The fourth-order valence-corrected chi connectivity index (χ4v) is 5.95. The largest absolute Gasteiger partial charge is 0.493 e. The lowest BCUT2D eigenvalue weighted by atomic mass is 9.86. The Morgan fingerprint density at radius 1 is 0.767 bits per heavy atom. The Morgan fingerprint density at radius 3 is 1.88 bits per heavy atom. The van der Waals surface area contributed by atoms with Crippen molar-refractivity contribution in [2.75, 3.05) is 17.2 Å². The highest BCUT2D eigenvalue weighted by Gasteiger charge is 2.20. The van der Waals surface area contributed by atoms with Gasteiger partial charge in [-0.1, -0.05) is 135 Å². The molecule has 0 atom stereocenters. The summed E-state index contributed by atoms with van der Waals surface area (Å²) in [5.74, 6) is 0.909. The zero-order valence-electron chi connectivity index (χ0n) is 27.3. The van der Waals surface area contributed by atoms with E-state index in [0.29, 0.717) is 0 Å². The molecule has 0 aliphatic heterocycles. The van der Waals surface area contributed by atoms with E-state index in [1.54, 1.807) is 11.3 Å². The number of nitrogens with zero attached hydrogens (tertiary/aromatic N) is 1. The first-order valence-electron chi connectivity index (χ1n) is 16.7. The predicted molar refractivity (Wildman–Crippen MR) is 184 cm³/mol. The van der Waals surface area contributed by atoms with Crippen molar-refractivity contribution in [2.45, 2.75) is 130 Å². The van der Waals surface area contributed by atoms with Gasteiger partial charge in [-0.2, -0.15) is 4.57 Å². The molecule has 0 spiro atoms. The van der Waals surface area contributed by atoms with Crippen LogP contribution in [0.3, 0.4) is 0 Å². The summed E-state index contributed by atoms with van der Waals surface area (Å²) in [5, 5.41) is 8.00. The van der Waals surface area contributed by atoms with Crippen molar-refractivity contribution in [1.29, 1.82) is 0 Å². The lowest BCUT2D eigenvalue weighted by Gasteiger charge is -2.24. The monoisotopic (exact) mass is 606 g/mol. The summed E-state index contributed by atoms with van der Waals surface area (Å²) < 4.78 is 8.38. The number of amides is 2. The molecule has 43 heavy (non-hydrogen) atoms. The second kappa shape index (κ2) is 19.4. The van der Waals surface area contributed by atoms with Crippen LogP contribution in [0.5, 0.6) is 5.75 Å². The average molecular weight is 607 g/mol. The second-order valence-corrected chi connectivity index (χ2v) is 13.6. The molecule has 236 valence electrons. The van der Waals surface area contributed by atoms with Gasteiger partial charge in [0.05, 0.1) is 12.0 Å². The topological polar surface area (TPSA) is 54.2 Å². The Morgan fingerprint density at radius 2 is 1.33 bits per heavy atom. The van der Waals surface area contributed by atoms with E-state index in [0.717, 1.165) is 42.3 Å². The van der Waals surface area contributed by atoms with Gasteiger partial charge in [0.25, 0.3) is 0 Å². The van der Waals surface area contributed by atoms with Gasteiger partial charge in [0.15, 0.2) is 12.7 Å². The summed E-state index contributed by atoms with van der Waals surface area (Å²) in [6, 6.07) is 13.7. The normalized spacial score (nSPS) is 11.4. The first kappa shape index (κ1) is 34.6. The van der Waals surface area contributed by atoms with Crippen molar-refractivity contribution in [1.82, 2.24) is 0 Å². The van der Waals surface area contributed by atoms with Crippen LogP contribution in [0, 0.1) is 0 Å². The minimum absolute atomic E-state index is 0.102. The fourth-order valence-electron chi connectivity index (χ4n) is 5.35. The molecule has 0 bridgehead atoms. The molecule has 2 amide bonds.